The molecule has 0 spiro atoms. The predicted octanol–water partition coefficient (Wildman–Crippen LogP) is 2.08. The number of rotatable bonds is 5. The summed E-state index contributed by atoms with van der Waals surface area (Å²) in [5.41, 5.74) is 6.25. The summed E-state index contributed by atoms with van der Waals surface area (Å²) in [5, 5.41) is 8.62. The first-order chi connectivity index (χ1) is 9.56. The Labute approximate surface area is 120 Å². The Morgan fingerprint density at radius 3 is 2.85 bits per heavy atom. The molecule has 1 aliphatic rings. The molecule has 1 aliphatic heterocycles. The van der Waals surface area contributed by atoms with Crippen LogP contribution in [0.1, 0.15) is 51.1 Å². The molecule has 0 saturated carbocycles. The Hall–Kier alpha value is -1.65. The van der Waals surface area contributed by atoms with Crippen LogP contribution in [-0.2, 0) is 4.79 Å². The van der Waals surface area contributed by atoms with Gasteiger partial charge in [-0.15, -0.1) is 5.10 Å². The smallest absolute Gasteiger partial charge is 0.217 e. The van der Waals surface area contributed by atoms with Gasteiger partial charge in [-0.3, -0.25) is 4.79 Å². The molecule has 5 nitrogen and oxygen atoms in total. The van der Waals surface area contributed by atoms with Gasteiger partial charge in [0.1, 0.15) is 0 Å². The number of primary amides is 1. The first-order valence-corrected chi connectivity index (χ1v) is 7.43. The fourth-order valence-electron chi connectivity index (χ4n) is 2.67. The normalized spacial score (nSPS) is 19.4. The molecule has 2 rings (SSSR count). The minimum absolute atomic E-state index is 0.205. The highest BCUT2D eigenvalue weighted by Crippen LogP contribution is 2.24. The van der Waals surface area contributed by atoms with Gasteiger partial charge in [-0.05, 0) is 43.2 Å². The summed E-state index contributed by atoms with van der Waals surface area (Å²) in [5.74, 6) is 1.67. The number of amides is 1. The summed E-state index contributed by atoms with van der Waals surface area (Å²) in [4.78, 5) is 13.2. The molecule has 20 heavy (non-hydrogen) atoms. The van der Waals surface area contributed by atoms with E-state index < -0.39 is 0 Å². The summed E-state index contributed by atoms with van der Waals surface area (Å²) in [6, 6.07) is 4.11. The van der Waals surface area contributed by atoms with Crippen LogP contribution in [0.25, 0.3) is 0 Å². The predicted molar refractivity (Wildman–Crippen MR) is 79.5 cm³/mol. The van der Waals surface area contributed by atoms with Crippen LogP contribution in [0.15, 0.2) is 12.1 Å². The largest absolute Gasteiger partial charge is 0.370 e. The maximum Gasteiger partial charge on any atom is 0.217 e. The summed E-state index contributed by atoms with van der Waals surface area (Å²) in [6.07, 6.45) is 3.66. The summed E-state index contributed by atoms with van der Waals surface area (Å²) < 4.78 is 0. The van der Waals surface area contributed by atoms with E-state index in [0.717, 1.165) is 37.4 Å². The van der Waals surface area contributed by atoms with Crippen molar-refractivity contribution in [2.45, 2.75) is 45.4 Å². The van der Waals surface area contributed by atoms with Gasteiger partial charge in [0.2, 0.25) is 5.91 Å². The van der Waals surface area contributed by atoms with Crippen molar-refractivity contribution in [2.75, 3.05) is 18.0 Å². The highest BCUT2D eigenvalue weighted by Gasteiger charge is 2.21. The average Bonchev–Trinajstić information content (AvgIpc) is 2.45. The van der Waals surface area contributed by atoms with Crippen molar-refractivity contribution < 1.29 is 4.79 Å². The quantitative estimate of drug-likeness (QED) is 0.893. The van der Waals surface area contributed by atoms with E-state index in [0.29, 0.717) is 18.3 Å². The van der Waals surface area contributed by atoms with Crippen LogP contribution in [-0.4, -0.2) is 29.2 Å². The second-order valence-corrected chi connectivity index (χ2v) is 5.93. The summed E-state index contributed by atoms with van der Waals surface area (Å²) in [6.45, 7) is 6.20. The summed E-state index contributed by atoms with van der Waals surface area (Å²) >= 11 is 0. The van der Waals surface area contributed by atoms with Crippen LogP contribution in [0, 0.1) is 5.92 Å². The molecule has 1 saturated heterocycles. The molecule has 2 N–H and O–H groups in total. The van der Waals surface area contributed by atoms with Crippen molar-refractivity contribution in [1.82, 2.24) is 10.2 Å². The third-order valence-electron chi connectivity index (χ3n) is 3.90. The zero-order valence-corrected chi connectivity index (χ0v) is 12.4. The first-order valence-electron chi connectivity index (χ1n) is 7.43. The number of nitrogens with two attached hydrogens (primary N) is 1. The molecule has 0 radical (unpaired) electrons. The molecule has 1 fully saturated rings. The SMILES string of the molecule is CC(C)c1ccc(N2CCC[C@H](CCC(N)=O)C2)nn1. The fraction of sp³-hybridized carbons (Fsp3) is 0.667. The monoisotopic (exact) mass is 276 g/mol. The van der Waals surface area contributed by atoms with Crippen molar-refractivity contribution in [2.24, 2.45) is 11.7 Å². The highest BCUT2D eigenvalue weighted by molar-refractivity contribution is 5.73. The van der Waals surface area contributed by atoms with E-state index in [-0.39, 0.29) is 5.91 Å². The Morgan fingerprint density at radius 1 is 1.45 bits per heavy atom. The van der Waals surface area contributed by atoms with Gasteiger partial charge in [-0.1, -0.05) is 13.8 Å². The van der Waals surface area contributed by atoms with Gasteiger partial charge >= 0.3 is 0 Å². The zero-order chi connectivity index (χ0) is 14.5. The maximum absolute atomic E-state index is 10.9. The van der Waals surface area contributed by atoms with Gasteiger partial charge in [-0.2, -0.15) is 5.10 Å². The molecular weight excluding hydrogens is 252 g/mol. The molecule has 1 aromatic heterocycles. The third-order valence-corrected chi connectivity index (χ3v) is 3.90. The molecular formula is C15H24N4O. The molecule has 1 atom stereocenters. The fourth-order valence-corrected chi connectivity index (χ4v) is 2.67. The van der Waals surface area contributed by atoms with Crippen molar-refractivity contribution >= 4 is 11.7 Å². The maximum atomic E-state index is 10.9. The van der Waals surface area contributed by atoms with Crippen molar-refractivity contribution in [3.63, 3.8) is 0 Å². The number of carbonyl (C=O) groups is 1. The number of hydrogen-bond donors (Lipinski definition) is 1. The van der Waals surface area contributed by atoms with Crippen LogP contribution < -0.4 is 10.6 Å². The van der Waals surface area contributed by atoms with Crippen LogP contribution in [0.4, 0.5) is 5.82 Å². The number of hydrogen-bond acceptors (Lipinski definition) is 4. The van der Waals surface area contributed by atoms with E-state index in [4.69, 9.17) is 5.73 Å². The zero-order valence-electron chi connectivity index (χ0n) is 12.4. The van der Waals surface area contributed by atoms with Crippen molar-refractivity contribution in [3.8, 4) is 0 Å². The van der Waals surface area contributed by atoms with Gasteiger partial charge < -0.3 is 10.6 Å². The second kappa shape index (κ2) is 6.68. The Balaban J connectivity index is 1.96. The van der Waals surface area contributed by atoms with Gasteiger partial charge in [0.15, 0.2) is 5.82 Å². The minimum atomic E-state index is -0.205. The van der Waals surface area contributed by atoms with Gasteiger partial charge in [0.25, 0.3) is 0 Å². The van der Waals surface area contributed by atoms with Crippen molar-refractivity contribution in [3.05, 3.63) is 17.8 Å². The van der Waals surface area contributed by atoms with E-state index in [2.05, 4.69) is 41.1 Å². The Morgan fingerprint density at radius 2 is 2.25 bits per heavy atom. The molecule has 1 amide bonds. The minimum Gasteiger partial charge on any atom is -0.370 e. The third kappa shape index (κ3) is 3.92. The second-order valence-electron chi connectivity index (χ2n) is 5.93. The number of piperidine rings is 1. The van der Waals surface area contributed by atoms with Crippen molar-refractivity contribution in [1.29, 1.82) is 0 Å². The standard InChI is InChI=1S/C15H24N4O/c1-11(2)13-6-8-15(18-17-13)19-9-3-4-12(10-19)5-7-14(16)20/h6,8,11-12H,3-5,7,9-10H2,1-2H3,(H2,16,20)/t12-/m1/s1. The van der Waals surface area contributed by atoms with E-state index in [1.807, 2.05) is 0 Å². The van der Waals surface area contributed by atoms with Gasteiger partial charge in [0.05, 0.1) is 5.69 Å². The average molecular weight is 276 g/mol. The van der Waals surface area contributed by atoms with Crippen LogP contribution in [0.5, 0.6) is 0 Å². The lowest BCUT2D eigenvalue weighted by atomic mass is 9.93. The topological polar surface area (TPSA) is 72.1 Å². The lowest BCUT2D eigenvalue weighted by Crippen LogP contribution is -2.36. The summed E-state index contributed by atoms with van der Waals surface area (Å²) in [7, 11) is 0. The van der Waals surface area contributed by atoms with Crippen LogP contribution in [0.3, 0.4) is 0 Å². The Bertz CT molecular complexity index is 444. The van der Waals surface area contributed by atoms with E-state index in [1.54, 1.807) is 0 Å². The van der Waals surface area contributed by atoms with Gasteiger partial charge in [0, 0.05) is 19.5 Å². The number of aromatic nitrogens is 2. The molecule has 0 unspecified atom stereocenters. The lowest BCUT2D eigenvalue weighted by molar-refractivity contribution is -0.118. The molecule has 110 valence electrons. The Kier molecular flexibility index (Phi) is 4.93. The first kappa shape index (κ1) is 14.8. The molecule has 0 aromatic carbocycles. The van der Waals surface area contributed by atoms with E-state index in [9.17, 15) is 4.79 Å². The van der Waals surface area contributed by atoms with E-state index >= 15 is 0 Å². The highest BCUT2D eigenvalue weighted by atomic mass is 16.1. The van der Waals surface area contributed by atoms with Crippen LogP contribution in [0.2, 0.25) is 0 Å². The van der Waals surface area contributed by atoms with Crippen LogP contribution >= 0.6 is 0 Å². The lowest BCUT2D eigenvalue weighted by Gasteiger charge is -2.33. The molecule has 5 heteroatoms. The number of nitrogens with zero attached hydrogens (tertiary/aromatic N) is 3. The molecule has 0 aliphatic carbocycles. The molecule has 2 heterocycles. The number of anilines is 1. The number of carbonyl (C=O) groups excluding carboxylic acids is 1. The van der Waals surface area contributed by atoms with Gasteiger partial charge in [-0.25, -0.2) is 0 Å². The van der Waals surface area contributed by atoms with E-state index in [1.165, 1.54) is 6.42 Å². The molecule has 0 bridgehead atoms. The molecule has 1 aromatic rings.